The fourth-order valence-electron chi connectivity index (χ4n) is 3.12. The van der Waals surface area contributed by atoms with Crippen LogP contribution in [0, 0.1) is 0 Å². The monoisotopic (exact) mass is 419 g/mol. The zero-order valence-corrected chi connectivity index (χ0v) is 16.2. The highest BCUT2D eigenvalue weighted by molar-refractivity contribution is 7.91. The van der Waals surface area contributed by atoms with Crippen LogP contribution in [0.15, 0.2) is 63.7 Å². The molecule has 27 heavy (non-hydrogen) atoms. The van der Waals surface area contributed by atoms with Gasteiger partial charge in [0, 0.05) is 27.6 Å². The van der Waals surface area contributed by atoms with Gasteiger partial charge in [-0.1, -0.05) is 23.7 Å². The van der Waals surface area contributed by atoms with E-state index in [2.05, 4.69) is 5.32 Å². The van der Waals surface area contributed by atoms with E-state index in [1.807, 2.05) is 0 Å². The minimum Gasteiger partial charge on any atom is -0.508 e. The van der Waals surface area contributed by atoms with Gasteiger partial charge in [-0.05, 0) is 42.0 Å². The number of thiophene rings is 1. The third-order valence-corrected chi connectivity index (χ3v) is 7.76. The molecule has 1 amide bonds. The summed E-state index contributed by atoms with van der Waals surface area (Å²) in [6.07, 6.45) is 0.221. The maximum Gasteiger partial charge on any atom is 0.225 e. The molecule has 138 valence electrons. The maximum absolute atomic E-state index is 13.1. The Labute approximate surface area is 165 Å². The highest BCUT2D eigenvalue weighted by atomic mass is 35.5. The second kappa shape index (κ2) is 6.67. The zero-order chi connectivity index (χ0) is 19.2. The van der Waals surface area contributed by atoms with Gasteiger partial charge in [-0.3, -0.25) is 4.79 Å². The Kier molecular flexibility index (Phi) is 4.46. The van der Waals surface area contributed by atoms with Crippen molar-refractivity contribution in [3.63, 3.8) is 0 Å². The Morgan fingerprint density at radius 3 is 2.41 bits per heavy atom. The smallest absolute Gasteiger partial charge is 0.225 e. The number of phenolic OH excluding ortho intramolecular Hbond substituents is 1. The molecule has 0 bridgehead atoms. The number of hydrogen-bond donors (Lipinski definition) is 2. The van der Waals surface area contributed by atoms with Crippen LogP contribution >= 0.6 is 22.9 Å². The molecule has 5 nitrogen and oxygen atoms in total. The van der Waals surface area contributed by atoms with Gasteiger partial charge in [-0.2, -0.15) is 0 Å². The molecule has 4 rings (SSSR count). The molecule has 0 saturated heterocycles. The molecule has 3 aromatic rings. The molecule has 2 aromatic carbocycles. The molecule has 1 aromatic heterocycles. The molecule has 0 unspecified atom stereocenters. The molecule has 0 spiro atoms. The fraction of sp³-hybridized carbons (Fsp3) is 0.105. The van der Waals surface area contributed by atoms with E-state index in [1.54, 1.807) is 29.6 Å². The van der Waals surface area contributed by atoms with Crippen LogP contribution in [0.4, 0.5) is 5.69 Å². The number of anilines is 1. The summed E-state index contributed by atoms with van der Waals surface area (Å²) in [6.45, 7) is 0. The number of benzene rings is 2. The highest BCUT2D eigenvalue weighted by Crippen LogP contribution is 2.46. The average Bonchev–Trinajstić information content (AvgIpc) is 3.06. The van der Waals surface area contributed by atoms with Gasteiger partial charge in [0.05, 0.1) is 10.6 Å². The van der Waals surface area contributed by atoms with E-state index >= 15 is 0 Å². The van der Waals surface area contributed by atoms with Crippen LogP contribution < -0.4 is 5.32 Å². The second-order valence-electron chi connectivity index (χ2n) is 6.19. The first-order valence-corrected chi connectivity index (χ1v) is 10.8. The number of nitrogens with one attached hydrogen (secondary N) is 1. The van der Waals surface area contributed by atoms with Crippen molar-refractivity contribution in [2.45, 2.75) is 22.1 Å². The van der Waals surface area contributed by atoms with E-state index < -0.39 is 9.84 Å². The number of carbonyl (C=O) groups is 1. The van der Waals surface area contributed by atoms with E-state index in [-0.39, 0.29) is 33.8 Å². The summed E-state index contributed by atoms with van der Waals surface area (Å²) in [5.74, 6) is -0.364. The third kappa shape index (κ3) is 3.22. The summed E-state index contributed by atoms with van der Waals surface area (Å²) in [4.78, 5) is 13.3. The molecule has 8 heteroatoms. The number of hydrogen-bond acceptors (Lipinski definition) is 5. The number of amides is 1. The normalized spacial score (nSPS) is 16.6. The first-order chi connectivity index (χ1) is 12.9. The standard InChI is InChI=1S/C19H14ClNO4S2/c20-12-3-7-14(8-4-12)27(24,25)16-10-26-19-15(9-17(23)21-18(16)19)11-1-5-13(22)6-2-11/h1-8,10,15,22H,9H2,(H,21,23)/t15-/m0/s1. The first-order valence-electron chi connectivity index (χ1n) is 8.07. The van der Waals surface area contributed by atoms with Crippen LogP contribution in [0.3, 0.4) is 0 Å². The summed E-state index contributed by atoms with van der Waals surface area (Å²) in [5.41, 5.74) is 1.19. The number of halogens is 1. The molecular weight excluding hydrogens is 406 g/mol. The van der Waals surface area contributed by atoms with Crippen LogP contribution in [0.2, 0.25) is 5.02 Å². The lowest BCUT2D eigenvalue weighted by atomic mass is 9.91. The summed E-state index contributed by atoms with van der Waals surface area (Å²) < 4.78 is 26.1. The van der Waals surface area contributed by atoms with Crippen molar-refractivity contribution >= 4 is 44.4 Å². The summed E-state index contributed by atoms with van der Waals surface area (Å²) in [7, 11) is -3.79. The van der Waals surface area contributed by atoms with Gasteiger partial charge in [-0.25, -0.2) is 8.42 Å². The summed E-state index contributed by atoms with van der Waals surface area (Å²) in [6, 6.07) is 12.5. The predicted molar refractivity (Wildman–Crippen MR) is 104 cm³/mol. The van der Waals surface area contributed by atoms with E-state index in [4.69, 9.17) is 11.6 Å². The number of rotatable bonds is 3. The average molecular weight is 420 g/mol. The molecule has 2 heterocycles. The summed E-state index contributed by atoms with van der Waals surface area (Å²) >= 11 is 7.16. The van der Waals surface area contributed by atoms with E-state index in [9.17, 15) is 18.3 Å². The summed E-state index contributed by atoms with van der Waals surface area (Å²) in [5, 5.41) is 14.2. The molecule has 0 aliphatic carbocycles. The Morgan fingerprint density at radius 2 is 1.74 bits per heavy atom. The van der Waals surface area contributed by atoms with Gasteiger partial charge in [0.2, 0.25) is 15.7 Å². The molecule has 1 atom stereocenters. The zero-order valence-electron chi connectivity index (χ0n) is 13.8. The van der Waals surface area contributed by atoms with Crippen molar-refractivity contribution < 1.29 is 18.3 Å². The van der Waals surface area contributed by atoms with E-state index in [1.165, 1.54) is 35.6 Å². The van der Waals surface area contributed by atoms with Crippen molar-refractivity contribution in [1.29, 1.82) is 0 Å². The first kappa shape index (κ1) is 18.0. The van der Waals surface area contributed by atoms with Crippen LogP contribution in [-0.4, -0.2) is 19.4 Å². The Balaban J connectivity index is 1.82. The molecule has 1 aliphatic heterocycles. The Morgan fingerprint density at radius 1 is 1.07 bits per heavy atom. The predicted octanol–water partition coefficient (Wildman–Crippen LogP) is 4.41. The van der Waals surface area contributed by atoms with Crippen molar-refractivity contribution in [2.75, 3.05) is 5.32 Å². The van der Waals surface area contributed by atoms with Gasteiger partial charge >= 0.3 is 0 Å². The topological polar surface area (TPSA) is 83.5 Å². The van der Waals surface area contributed by atoms with Gasteiger partial charge in [0.25, 0.3) is 0 Å². The van der Waals surface area contributed by atoms with Gasteiger partial charge in [0.1, 0.15) is 10.6 Å². The number of phenols is 1. The minimum absolute atomic E-state index is 0.0849. The Bertz CT molecular complexity index is 1120. The number of carbonyl (C=O) groups excluding carboxylic acids is 1. The number of fused-ring (bicyclic) bond motifs is 1. The molecule has 1 aliphatic rings. The van der Waals surface area contributed by atoms with Crippen molar-refractivity contribution in [2.24, 2.45) is 0 Å². The number of aromatic hydroxyl groups is 1. The van der Waals surface area contributed by atoms with Crippen LogP contribution in [0.25, 0.3) is 0 Å². The SMILES string of the molecule is O=C1C[C@@H](c2ccc(O)cc2)c2scc(S(=O)(=O)c3ccc(Cl)cc3)c2N1. The van der Waals surface area contributed by atoms with Crippen LogP contribution in [0.5, 0.6) is 5.75 Å². The Hall–Kier alpha value is -2.35. The van der Waals surface area contributed by atoms with E-state index in [0.29, 0.717) is 10.7 Å². The third-order valence-electron chi connectivity index (χ3n) is 4.47. The molecule has 0 radical (unpaired) electrons. The largest absolute Gasteiger partial charge is 0.508 e. The second-order valence-corrected chi connectivity index (χ2v) is 9.46. The lowest BCUT2D eigenvalue weighted by Crippen LogP contribution is -2.23. The van der Waals surface area contributed by atoms with E-state index in [0.717, 1.165) is 10.4 Å². The van der Waals surface area contributed by atoms with Crippen molar-refractivity contribution in [3.05, 3.63) is 69.4 Å². The molecule has 2 N–H and O–H groups in total. The fourth-order valence-corrected chi connectivity index (χ4v) is 6.15. The molecule has 0 fully saturated rings. The van der Waals surface area contributed by atoms with Gasteiger partial charge < -0.3 is 10.4 Å². The minimum atomic E-state index is -3.79. The van der Waals surface area contributed by atoms with Gasteiger partial charge in [-0.15, -0.1) is 11.3 Å². The molecular formula is C19H14ClNO4S2. The molecule has 0 saturated carbocycles. The van der Waals surface area contributed by atoms with Crippen LogP contribution in [-0.2, 0) is 14.6 Å². The van der Waals surface area contributed by atoms with Gasteiger partial charge in [0.15, 0.2) is 0 Å². The maximum atomic E-state index is 13.1. The van der Waals surface area contributed by atoms with Crippen LogP contribution in [0.1, 0.15) is 22.8 Å². The quantitative estimate of drug-likeness (QED) is 0.658. The van der Waals surface area contributed by atoms with Crippen molar-refractivity contribution in [3.8, 4) is 5.75 Å². The number of sulfone groups is 1. The highest BCUT2D eigenvalue weighted by Gasteiger charge is 2.34. The van der Waals surface area contributed by atoms with Crippen molar-refractivity contribution in [1.82, 2.24) is 0 Å². The lowest BCUT2D eigenvalue weighted by molar-refractivity contribution is -0.116. The lowest BCUT2D eigenvalue weighted by Gasteiger charge is -2.23.